The van der Waals surface area contributed by atoms with Crippen molar-refractivity contribution in [2.45, 2.75) is 0 Å². The number of hydrogen-bond donors (Lipinski definition) is 1. The minimum Gasteiger partial charge on any atom is -0.495 e. The van der Waals surface area contributed by atoms with Gasteiger partial charge in [0.25, 0.3) is 11.6 Å². The van der Waals surface area contributed by atoms with E-state index < -0.39 is 10.8 Å². The Balaban J connectivity index is 2.30. The molecule has 2 rings (SSSR count). The lowest BCUT2D eigenvalue weighted by Crippen LogP contribution is -2.15. The molecule has 21 heavy (non-hydrogen) atoms. The third kappa shape index (κ3) is 3.22. The van der Waals surface area contributed by atoms with Gasteiger partial charge in [0.15, 0.2) is 0 Å². The first-order chi connectivity index (χ1) is 9.92. The lowest BCUT2D eigenvalue weighted by Gasteiger charge is -2.10. The molecule has 0 fully saturated rings. The first-order valence-corrected chi connectivity index (χ1v) is 6.67. The van der Waals surface area contributed by atoms with Crippen LogP contribution in [0.5, 0.6) is 5.75 Å². The zero-order valence-corrected chi connectivity index (χ0v) is 12.9. The summed E-state index contributed by atoms with van der Waals surface area (Å²) in [5.41, 5.74) is 0.522. The number of aryl methyl sites for hydroxylation is 1. The molecule has 0 aliphatic carbocycles. The largest absolute Gasteiger partial charge is 0.495 e. The van der Waals surface area contributed by atoms with Crippen molar-refractivity contribution in [2.24, 2.45) is 7.05 Å². The lowest BCUT2D eigenvalue weighted by atomic mass is 10.2. The van der Waals surface area contributed by atoms with Gasteiger partial charge >= 0.3 is 0 Å². The molecule has 1 N–H and O–H groups in total. The van der Waals surface area contributed by atoms with E-state index in [-0.39, 0.29) is 11.4 Å². The van der Waals surface area contributed by atoms with E-state index in [1.807, 2.05) is 0 Å². The summed E-state index contributed by atoms with van der Waals surface area (Å²) in [6, 6.07) is 6.39. The Labute approximate surface area is 128 Å². The van der Waals surface area contributed by atoms with Gasteiger partial charge in [-0.3, -0.25) is 14.9 Å². The second-order valence-electron chi connectivity index (χ2n) is 4.25. The Morgan fingerprint density at radius 1 is 1.43 bits per heavy atom. The van der Waals surface area contributed by atoms with Gasteiger partial charge in [-0.15, -0.1) is 0 Å². The predicted molar refractivity (Wildman–Crippen MR) is 80.7 cm³/mol. The SMILES string of the molecule is COc1ccc(Br)cc1NC(=O)c1cc([N+](=O)[O-])cn1C. The summed E-state index contributed by atoms with van der Waals surface area (Å²) < 4.78 is 7.34. The molecule has 1 amide bonds. The van der Waals surface area contributed by atoms with Crippen LogP contribution in [0, 0.1) is 10.1 Å². The minimum absolute atomic E-state index is 0.135. The Morgan fingerprint density at radius 3 is 2.71 bits per heavy atom. The summed E-state index contributed by atoms with van der Waals surface area (Å²) in [4.78, 5) is 22.4. The van der Waals surface area contributed by atoms with E-state index in [1.165, 1.54) is 23.9 Å². The van der Waals surface area contributed by atoms with Crippen LogP contribution in [0.25, 0.3) is 0 Å². The van der Waals surface area contributed by atoms with Gasteiger partial charge < -0.3 is 14.6 Å². The van der Waals surface area contributed by atoms with Crippen LogP contribution >= 0.6 is 15.9 Å². The number of anilines is 1. The van der Waals surface area contributed by atoms with E-state index in [1.54, 1.807) is 25.2 Å². The number of amides is 1. The number of rotatable bonds is 4. The zero-order chi connectivity index (χ0) is 15.6. The highest BCUT2D eigenvalue weighted by atomic mass is 79.9. The number of nitro groups is 1. The molecule has 7 nitrogen and oxygen atoms in total. The second-order valence-corrected chi connectivity index (χ2v) is 5.17. The molecule has 0 unspecified atom stereocenters. The van der Waals surface area contributed by atoms with Crippen molar-refractivity contribution in [3.8, 4) is 5.75 Å². The summed E-state index contributed by atoms with van der Waals surface area (Å²) in [6.07, 6.45) is 1.28. The summed E-state index contributed by atoms with van der Waals surface area (Å²) >= 11 is 3.31. The number of methoxy groups -OCH3 is 1. The van der Waals surface area contributed by atoms with E-state index in [4.69, 9.17) is 4.74 Å². The van der Waals surface area contributed by atoms with Crippen molar-refractivity contribution in [1.82, 2.24) is 4.57 Å². The first kappa shape index (κ1) is 15.0. The number of ether oxygens (including phenoxy) is 1. The van der Waals surface area contributed by atoms with E-state index >= 15 is 0 Å². The molecule has 0 spiro atoms. The van der Waals surface area contributed by atoms with Gasteiger partial charge in [0.2, 0.25) is 0 Å². The fraction of sp³-hybridized carbons (Fsp3) is 0.154. The van der Waals surface area contributed by atoms with Crippen molar-refractivity contribution < 1.29 is 14.5 Å². The van der Waals surface area contributed by atoms with Crippen LogP contribution in [0.15, 0.2) is 34.9 Å². The number of nitrogens with zero attached hydrogens (tertiary/aromatic N) is 2. The van der Waals surface area contributed by atoms with Gasteiger partial charge in [-0.25, -0.2) is 0 Å². The van der Waals surface area contributed by atoms with Crippen molar-refractivity contribution >= 4 is 33.2 Å². The Morgan fingerprint density at radius 2 is 2.14 bits per heavy atom. The first-order valence-electron chi connectivity index (χ1n) is 5.88. The highest BCUT2D eigenvalue weighted by Gasteiger charge is 2.18. The average molecular weight is 354 g/mol. The van der Waals surface area contributed by atoms with Gasteiger partial charge in [0.05, 0.1) is 23.9 Å². The highest BCUT2D eigenvalue weighted by Crippen LogP contribution is 2.28. The van der Waals surface area contributed by atoms with Crippen LogP contribution in [0.2, 0.25) is 0 Å². The van der Waals surface area contributed by atoms with E-state index in [0.29, 0.717) is 11.4 Å². The summed E-state index contributed by atoms with van der Waals surface area (Å²) in [5, 5.41) is 13.4. The molecule has 2 aromatic rings. The van der Waals surface area contributed by atoms with Gasteiger partial charge in [0.1, 0.15) is 11.4 Å². The third-order valence-corrected chi connectivity index (χ3v) is 3.34. The number of benzene rings is 1. The molecule has 0 aliphatic rings. The number of carbonyl (C=O) groups is 1. The standard InChI is InChI=1S/C13H12BrN3O4/c1-16-7-9(17(19)20)6-11(16)13(18)15-10-5-8(14)3-4-12(10)21-2/h3-7H,1-2H3,(H,15,18). The Kier molecular flexibility index (Phi) is 4.27. The summed E-state index contributed by atoms with van der Waals surface area (Å²) in [7, 11) is 3.06. The molecule has 0 bridgehead atoms. The van der Waals surface area contributed by atoms with Crippen LogP contribution in [-0.2, 0) is 7.05 Å². The molecule has 0 aliphatic heterocycles. The molecule has 0 radical (unpaired) electrons. The number of carbonyl (C=O) groups excluding carboxylic acids is 1. The summed E-state index contributed by atoms with van der Waals surface area (Å²) in [6.45, 7) is 0. The van der Waals surface area contributed by atoms with Crippen molar-refractivity contribution in [3.05, 3.63) is 50.7 Å². The van der Waals surface area contributed by atoms with E-state index in [0.717, 1.165) is 4.47 Å². The highest BCUT2D eigenvalue weighted by molar-refractivity contribution is 9.10. The second kappa shape index (κ2) is 5.96. The fourth-order valence-electron chi connectivity index (χ4n) is 1.84. The Bertz CT molecular complexity index is 711. The van der Waals surface area contributed by atoms with E-state index in [9.17, 15) is 14.9 Å². The summed E-state index contributed by atoms with van der Waals surface area (Å²) in [5.74, 6) is 0.0391. The predicted octanol–water partition coefficient (Wildman–Crippen LogP) is 2.96. The van der Waals surface area contributed by atoms with Crippen LogP contribution in [0.4, 0.5) is 11.4 Å². The van der Waals surface area contributed by atoms with Crippen LogP contribution in [-0.4, -0.2) is 22.5 Å². The van der Waals surface area contributed by atoms with Crippen LogP contribution in [0.3, 0.4) is 0 Å². The quantitative estimate of drug-likeness (QED) is 0.676. The lowest BCUT2D eigenvalue weighted by molar-refractivity contribution is -0.384. The molecule has 1 aromatic heterocycles. The molecule has 1 aromatic carbocycles. The molecule has 110 valence electrons. The van der Waals surface area contributed by atoms with Gasteiger partial charge in [0, 0.05) is 17.6 Å². The number of nitrogens with one attached hydrogen (secondary N) is 1. The molecule has 0 saturated carbocycles. The number of halogens is 1. The molecule has 1 heterocycles. The van der Waals surface area contributed by atoms with Crippen LogP contribution in [0.1, 0.15) is 10.5 Å². The van der Waals surface area contributed by atoms with E-state index in [2.05, 4.69) is 21.2 Å². The topological polar surface area (TPSA) is 86.4 Å². The zero-order valence-electron chi connectivity index (χ0n) is 11.3. The molecular weight excluding hydrogens is 342 g/mol. The maximum atomic E-state index is 12.2. The number of hydrogen-bond acceptors (Lipinski definition) is 4. The van der Waals surface area contributed by atoms with Crippen LogP contribution < -0.4 is 10.1 Å². The van der Waals surface area contributed by atoms with Gasteiger partial charge in [-0.2, -0.15) is 0 Å². The molecule has 0 saturated heterocycles. The van der Waals surface area contributed by atoms with Crippen molar-refractivity contribution in [2.75, 3.05) is 12.4 Å². The smallest absolute Gasteiger partial charge is 0.287 e. The van der Waals surface area contributed by atoms with Gasteiger partial charge in [-0.1, -0.05) is 15.9 Å². The molecule has 0 atom stereocenters. The number of aromatic nitrogens is 1. The van der Waals surface area contributed by atoms with Gasteiger partial charge in [-0.05, 0) is 18.2 Å². The van der Waals surface area contributed by atoms with Crippen molar-refractivity contribution in [1.29, 1.82) is 0 Å². The minimum atomic E-state index is -0.545. The average Bonchev–Trinajstić information content (AvgIpc) is 2.81. The maximum Gasteiger partial charge on any atom is 0.287 e. The Hall–Kier alpha value is -2.35. The fourth-order valence-corrected chi connectivity index (χ4v) is 2.20. The monoisotopic (exact) mass is 353 g/mol. The van der Waals surface area contributed by atoms with Crippen molar-refractivity contribution in [3.63, 3.8) is 0 Å². The third-order valence-electron chi connectivity index (χ3n) is 2.84. The maximum absolute atomic E-state index is 12.2. The molecular formula is C13H12BrN3O4. The molecule has 8 heteroatoms. The normalized spacial score (nSPS) is 10.2.